The third-order valence-electron chi connectivity index (χ3n) is 3.67. The number of hydrogen-bond acceptors (Lipinski definition) is 5. The first-order chi connectivity index (χ1) is 12.7. The van der Waals surface area contributed by atoms with E-state index >= 15 is 0 Å². The molecule has 6 nitrogen and oxygen atoms in total. The van der Waals surface area contributed by atoms with Crippen molar-refractivity contribution in [3.8, 4) is 0 Å². The van der Waals surface area contributed by atoms with E-state index in [4.69, 9.17) is 11.6 Å². The second kappa shape index (κ2) is 7.67. The van der Waals surface area contributed by atoms with Gasteiger partial charge in [-0.2, -0.15) is 5.10 Å². The van der Waals surface area contributed by atoms with Crippen molar-refractivity contribution in [2.45, 2.75) is 6.92 Å². The molecule has 0 saturated carbocycles. The molecule has 0 aliphatic rings. The summed E-state index contributed by atoms with van der Waals surface area (Å²) in [6.07, 6.45) is 1.09. The Morgan fingerprint density at radius 3 is 2.41 bits per heavy atom. The van der Waals surface area contributed by atoms with Crippen LogP contribution in [0.4, 0.5) is 5.69 Å². The van der Waals surface area contributed by atoms with Gasteiger partial charge < -0.3 is 0 Å². The van der Waals surface area contributed by atoms with Crippen molar-refractivity contribution in [3.05, 3.63) is 64.0 Å². The summed E-state index contributed by atoms with van der Waals surface area (Å²) in [5.41, 5.74) is 4.29. The topological polar surface area (TPSA) is 87.6 Å². The normalized spacial score (nSPS) is 12.2. The lowest BCUT2D eigenvalue weighted by molar-refractivity contribution is 0.0959. The van der Waals surface area contributed by atoms with Crippen LogP contribution in [0, 0.1) is 0 Å². The standard InChI is InChI=1S/C18H16ClN3O3S2/c1-11(12-7-9-13(10-8-12)22-27(2,24)25)20-21-18(23)17-16(19)14-5-3-4-6-15(14)26-17/h3-10,22H,1-2H3,(H,21,23). The van der Waals surface area contributed by atoms with E-state index in [0.717, 1.165) is 21.9 Å². The van der Waals surface area contributed by atoms with Gasteiger partial charge in [-0.15, -0.1) is 11.3 Å². The van der Waals surface area contributed by atoms with Crippen LogP contribution in [-0.4, -0.2) is 26.3 Å². The summed E-state index contributed by atoms with van der Waals surface area (Å²) in [4.78, 5) is 12.8. The van der Waals surface area contributed by atoms with Crippen LogP contribution in [0.3, 0.4) is 0 Å². The molecule has 0 aliphatic carbocycles. The first-order valence-electron chi connectivity index (χ1n) is 7.84. The van der Waals surface area contributed by atoms with Gasteiger partial charge in [-0.1, -0.05) is 41.9 Å². The van der Waals surface area contributed by atoms with Crippen LogP contribution in [0.5, 0.6) is 0 Å². The number of carbonyl (C=O) groups is 1. The Bertz CT molecular complexity index is 1140. The Balaban J connectivity index is 1.74. The minimum Gasteiger partial charge on any atom is -0.284 e. The van der Waals surface area contributed by atoms with Gasteiger partial charge in [-0.25, -0.2) is 13.8 Å². The van der Waals surface area contributed by atoms with E-state index in [9.17, 15) is 13.2 Å². The second-order valence-electron chi connectivity index (χ2n) is 5.83. The molecule has 1 heterocycles. The van der Waals surface area contributed by atoms with Crippen LogP contribution in [0.2, 0.25) is 5.02 Å². The molecule has 1 amide bonds. The molecular formula is C18H16ClN3O3S2. The third-order valence-corrected chi connectivity index (χ3v) is 5.95. The second-order valence-corrected chi connectivity index (χ2v) is 9.01. The fraction of sp³-hybridized carbons (Fsp3) is 0.111. The Hall–Kier alpha value is -2.42. The number of fused-ring (bicyclic) bond motifs is 1. The van der Waals surface area contributed by atoms with E-state index in [0.29, 0.717) is 21.3 Å². The molecule has 0 spiro atoms. The summed E-state index contributed by atoms with van der Waals surface area (Å²) in [5, 5.41) is 5.36. The minimum absolute atomic E-state index is 0.379. The van der Waals surface area contributed by atoms with Crippen LogP contribution in [0.15, 0.2) is 53.6 Å². The smallest absolute Gasteiger partial charge is 0.283 e. The lowest BCUT2D eigenvalue weighted by atomic mass is 10.1. The predicted octanol–water partition coefficient (Wildman–Crippen LogP) is 4.08. The molecule has 9 heteroatoms. The zero-order valence-electron chi connectivity index (χ0n) is 14.5. The van der Waals surface area contributed by atoms with E-state index < -0.39 is 10.0 Å². The first kappa shape index (κ1) is 19.3. The zero-order valence-corrected chi connectivity index (χ0v) is 16.9. The van der Waals surface area contributed by atoms with Crippen LogP contribution < -0.4 is 10.1 Å². The molecule has 3 rings (SSSR count). The van der Waals surface area contributed by atoms with Crippen molar-refractivity contribution in [2.24, 2.45) is 5.10 Å². The van der Waals surface area contributed by atoms with Crippen LogP contribution in [0.1, 0.15) is 22.2 Å². The molecule has 27 heavy (non-hydrogen) atoms. The van der Waals surface area contributed by atoms with Crippen molar-refractivity contribution < 1.29 is 13.2 Å². The van der Waals surface area contributed by atoms with Crippen molar-refractivity contribution >= 4 is 60.4 Å². The number of carbonyl (C=O) groups excluding carboxylic acids is 1. The number of nitrogens with zero attached hydrogens (tertiary/aromatic N) is 1. The van der Waals surface area contributed by atoms with Gasteiger partial charge in [0.2, 0.25) is 10.0 Å². The van der Waals surface area contributed by atoms with Crippen molar-refractivity contribution in [1.82, 2.24) is 5.43 Å². The van der Waals surface area contributed by atoms with Gasteiger partial charge in [0.25, 0.3) is 5.91 Å². The maximum absolute atomic E-state index is 12.4. The summed E-state index contributed by atoms with van der Waals surface area (Å²) in [7, 11) is -3.33. The summed E-state index contributed by atoms with van der Waals surface area (Å²) in [6.45, 7) is 1.74. The number of thiophene rings is 1. The van der Waals surface area contributed by atoms with Gasteiger partial charge in [0.15, 0.2) is 0 Å². The Morgan fingerprint density at radius 2 is 1.78 bits per heavy atom. The van der Waals surface area contributed by atoms with Crippen LogP contribution >= 0.6 is 22.9 Å². The molecule has 1 aromatic heterocycles. The highest BCUT2D eigenvalue weighted by Crippen LogP contribution is 2.34. The number of sulfonamides is 1. The summed E-state index contributed by atoms with van der Waals surface area (Å²) >= 11 is 7.61. The maximum atomic E-state index is 12.4. The average Bonchev–Trinajstić information content (AvgIpc) is 2.96. The van der Waals surface area contributed by atoms with Gasteiger partial charge in [0.05, 0.1) is 17.0 Å². The lowest BCUT2D eigenvalue weighted by Gasteiger charge is -2.06. The quantitative estimate of drug-likeness (QED) is 0.480. The number of anilines is 1. The monoisotopic (exact) mass is 421 g/mol. The highest BCUT2D eigenvalue weighted by molar-refractivity contribution is 7.92. The molecule has 0 atom stereocenters. The number of benzene rings is 2. The van der Waals surface area contributed by atoms with Crippen molar-refractivity contribution in [1.29, 1.82) is 0 Å². The maximum Gasteiger partial charge on any atom is 0.283 e. The predicted molar refractivity (Wildman–Crippen MR) is 111 cm³/mol. The molecule has 0 unspecified atom stereocenters. The lowest BCUT2D eigenvalue weighted by Crippen LogP contribution is -2.18. The van der Waals surface area contributed by atoms with Crippen LogP contribution in [-0.2, 0) is 10.0 Å². The molecule has 3 aromatic rings. The highest BCUT2D eigenvalue weighted by Gasteiger charge is 2.16. The van der Waals surface area contributed by atoms with E-state index in [1.54, 1.807) is 31.2 Å². The largest absolute Gasteiger partial charge is 0.284 e. The average molecular weight is 422 g/mol. The number of nitrogens with one attached hydrogen (secondary N) is 2. The number of halogens is 1. The zero-order chi connectivity index (χ0) is 19.6. The number of hydrogen-bond donors (Lipinski definition) is 2. The molecule has 140 valence electrons. The molecule has 0 saturated heterocycles. The molecule has 0 aliphatic heterocycles. The van der Waals surface area contributed by atoms with Crippen molar-refractivity contribution in [2.75, 3.05) is 11.0 Å². The number of hydrazone groups is 1. The van der Waals surface area contributed by atoms with Crippen LogP contribution in [0.25, 0.3) is 10.1 Å². The van der Waals surface area contributed by atoms with Gasteiger partial charge in [0.1, 0.15) is 4.88 Å². The van der Waals surface area contributed by atoms with Gasteiger partial charge in [-0.3, -0.25) is 9.52 Å². The number of amides is 1. The van der Waals surface area contributed by atoms with Gasteiger partial charge >= 0.3 is 0 Å². The first-order valence-corrected chi connectivity index (χ1v) is 10.9. The molecule has 0 fully saturated rings. The molecule has 2 aromatic carbocycles. The Kier molecular flexibility index (Phi) is 5.50. The third kappa shape index (κ3) is 4.65. The summed E-state index contributed by atoms with van der Waals surface area (Å²) < 4.78 is 25.8. The van der Waals surface area contributed by atoms with E-state index in [-0.39, 0.29) is 5.91 Å². The van der Waals surface area contributed by atoms with Gasteiger partial charge in [-0.05, 0) is 30.7 Å². The molecular weight excluding hydrogens is 406 g/mol. The molecule has 0 bridgehead atoms. The van der Waals surface area contributed by atoms with E-state index in [1.807, 2.05) is 24.3 Å². The summed E-state index contributed by atoms with van der Waals surface area (Å²) in [5.74, 6) is -0.379. The summed E-state index contributed by atoms with van der Waals surface area (Å²) in [6, 6.07) is 14.2. The Labute approximate surface area is 165 Å². The minimum atomic E-state index is -3.33. The van der Waals surface area contributed by atoms with E-state index in [1.165, 1.54) is 11.3 Å². The molecule has 2 N–H and O–H groups in total. The highest BCUT2D eigenvalue weighted by atomic mass is 35.5. The van der Waals surface area contributed by atoms with Crippen molar-refractivity contribution in [3.63, 3.8) is 0 Å². The Morgan fingerprint density at radius 1 is 1.11 bits per heavy atom. The SMILES string of the molecule is CC(=NNC(=O)c1sc2ccccc2c1Cl)c1ccc(NS(C)(=O)=O)cc1. The fourth-order valence-electron chi connectivity index (χ4n) is 2.40. The van der Waals surface area contributed by atoms with E-state index in [2.05, 4.69) is 15.2 Å². The fourth-order valence-corrected chi connectivity index (χ4v) is 4.37. The van der Waals surface area contributed by atoms with Gasteiger partial charge in [0, 0.05) is 15.8 Å². The molecule has 0 radical (unpaired) electrons. The number of rotatable bonds is 5.